The molecule has 1 heterocycles. The molecule has 1 atom stereocenters. The van der Waals surface area contributed by atoms with Gasteiger partial charge in [0.25, 0.3) is 5.91 Å². The number of carbonyl (C=O) groups is 1. The third kappa shape index (κ3) is 3.99. The third-order valence-corrected chi connectivity index (χ3v) is 4.39. The molecule has 0 aromatic heterocycles. The van der Waals surface area contributed by atoms with Crippen LogP contribution < -0.4 is 10.1 Å². The van der Waals surface area contributed by atoms with Gasteiger partial charge in [-0.2, -0.15) is 0 Å². The lowest BCUT2D eigenvalue weighted by Gasteiger charge is -2.34. The molecular weight excluding hydrogens is 280 g/mol. The Morgan fingerprint density at radius 1 is 1.45 bits per heavy atom. The number of ether oxygens (including phenoxy) is 1. The van der Waals surface area contributed by atoms with Crippen molar-refractivity contribution in [2.45, 2.75) is 32.2 Å². The number of hydrogen-bond acceptors (Lipinski definition) is 4. The Bertz CT molecular complexity index is 505. The molecule has 2 rings (SSSR count). The fourth-order valence-corrected chi connectivity index (χ4v) is 3.05. The molecule has 0 unspecified atom stereocenters. The number of carbonyl (C=O) groups excluding carboxylic acids is 1. The number of piperidine rings is 1. The van der Waals surface area contributed by atoms with Gasteiger partial charge < -0.3 is 15.2 Å². The van der Waals surface area contributed by atoms with Crippen LogP contribution in [0.25, 0.3) is 0 Å². The Labute approximate surface area is 132 Å². The summed E-state index contributed by atoms with van der Waals surface area (Å²) in [7, 11) is 1.61. The maximum atomic E-state index is 12.3. The summed E-state index contributed by atoms with van der Waals surface area (Å²) in [6, 6.07) is 5.73. The number of likely N-dealkylation sites (tertiary alicyclic amines) is 1. The van der Waals surface area contributed by atoms with E-state index in [4.69, 9.17) is 4.74 Å². The second-order valence-corrected chi connectivity index (χ2v) is 5.76. The van der Waals surface area contributed by atoms with Crippen LogP contribution in [0.1, 0.15) is 35.2 Å². The molecule has 0 radical (unpaired) electrons. The Kier molecular flexibility index (Phi) is 6.21. The molecule has 0 bridgehead atoms. The molecule has 122 valence electrons. The highest BCUT2D eigenvalue weighted by Crippen LogP contribution is 2.20. The monoisotopic (exact) mass is 306 g/mol. The summed E-state index contributed by atoms with van der Waals surface area (Å²) in [6.45, 7) is 4.45. The van der Waals surface area contributed by atoms with Gasteiger partial charge in [-0.05, 0) is 38.4 Å². The molecule has 1 aromatic carbocycles. The van der Waals surface area contributed by atoms with Crippen LogP contribution in [0.2, 0.25) is 0 Å². The molecule has 1 amide bonds. The van der Waals surface area contributed by atoms with E-state index in [1.807, 2.05) is 25.1 Å². The molecular formula is C17H26N2O3. The first-order valence-corrected chi connectivity index (χ1v) is 7.94. The lowest BCUT2D eigenvalue weighted by Crippen LogP contribution is -2.45. The highest BCUT2D eigenvalue weighted by atomic mass is 16.5. The molecule has 1 saturated heterocycles. The van der Waals surface area contributed by atoms with Crippen LogP contribution in [0.3, 0.4) is 0 Å². The van der Waals surface area contributed by atoms with Gasteiger partial charge in [0.2, 0.25) is 0 Å². The Morgan fingerprint density at radius 2 is 2.27 bits per heavy atom. The molecule has 1 aliphatic rings. The molecule has 0 spiro atoms. The molecule has 1 fully saturated rings. The predicted octanol–water partition coefficient (Wildman–Crippen LogP) is 1.58. The summed E-state index contributed by atoms with van der Waals surface area (Å²) in [5.74, 6) is 0.651. The number of amides is 1. The first kappa shape index (κ1) is 16.8. The van der Waals surface area contributed by atoms with Crippen LogP contribution in [0.4, 0.5) is 0 Å². The Morgan fingerprint density at radius 3 is 3.00 bits per heavy atom. The molecule has 0 aliphatic carbocycles. The highest BCUT2D eigenvalue weighted by molar-refractivity contribution is 5.96. The number of hydrogen-bond donors (Lipinski definition) is 2. The lowest BCUT2D eigenvalue weighted by atomic mass is 10.0. The molecule has 0 saturated carbocycles. The minimum atomic E-state index is -0.0750. The number of methoxy groups -OCH3 is 1. The van der Waals surface area contributed by atoms with Crippen molar-refractivity contribution in [3.05, 3.63) is 29.3 Å². The van der Waals surface area contributed by atoms with Crippen LogP contribution in [0, 0.1) is 6.92 Å². The van der Waals surface area contributed by atoms with E-state index in [-0.39, 0.29) is 18.6 Å². The second-order valence-electron chi connectivity index (χ2n) is 5.76. The van der Waals surface area contributed by atoms with Crippen molar-refractivity contribution >= 4 is 5.91 Å². The van der Waals surface area contributed by atoms with Crippen LogP contribution >= 0.6 is 0 Å². The number of nitrogens with zero attached hydrogens (tertiary/aromatic N) is 1. The quantitative estimate of drug-likeness (QED) is 0.838. The van der Waals surface area contributed by atoms with Gasteiger partial charge in [0.1, 0.15) is 5.75 Å². The van der Waals surface area contributed by atoms with Gasteiger partial charge in [-0.3, -0.25) is 9.69 Å². The van der Waals surface area contributed by atoms with Crippen molar-refractivity contribution in [1.29, 1.82) is 0 Å². The van der Waals surface area contributed by atoms with Crippen LogP contribution in [0.15, 0.2) is 18.2 Å². The van der Waals surface area contributed by atoms with Gasteiger partial charge in [0.05, 0.1) is 13.7 Å². The Balaban J connectivity index is 1.87. The van der Waals surface area contributed by atoms with Crippen LogP contribution in [0.5, 0.6) is 5.75 Å². The summed E-state index contributed by atoms with van der Waals surface area (Å²) in [5, 5.41) is 12.4. The zero-order valence-electron chi connectivity index (χ0n) is 13.5. The summed E-state index contributed by atoms with van der Waals surface area (Å²) in [4.78, 5) is 14.6. The molecule has 5 heteroatoms. The topological polar surface area (TPSA) is 61.8 Å². The maximum Gasteiger partial charge on any atom is 0.251 e. The average molecular weight is 306 g/mol. The average Bonchev–Trinajstić information content (AvgIpc) is 2.55. The smallest absolute Gasteiger partial charge is 0.251 e. The third-order valence-electron chi connectivity index (χ3n) is 4.39. The van der Waals surface area contributed by atoms with Crippen molar-refractivity contribution in [2.24, 2.45) is 0 Å². The number of nitrogens with one attached hydrogen (secondary N) is 1. The summed E-state index contributed by atoms with van der Waals surface area (Å²) in [6.07, 6.45) is 3.38. The summed E-state index contributed by atoms with van der Waals surface area (Å²) in [5.41, 5.74) is 1.51. The molecule has 1 aliphatic heterocycles. The van der Waals surface area contributed by atoms with Crippen molar-refractivity contribution in [1.82, 2.24) is 10.2 Å². The first-order valence-electron chi connectivity index (χ1n) is 7.94. The minimum absolute atomic E-state index is 0.0750. The summed E-state index contributed by atoms with van der Waals surface area (Å²) >= 11 is 0. The largest absolute Gasteiger partial charge is 0.496 e. The van der Waals surface area contributed by atoms with Gasteiger partial charge >= 0.3 is 0 Å². The fraction of sp³-hybridized carbons (Fsp3) is 0.588. The predicted molar refractivity (Wildman–Crippen MR) is 86.4 cm³/mol. The Hall–Kier alpha value is -1.59. The maximum absolute atomic E-state index is 12.3. The molecule has 2 N–H and O–H groups in total. The van der Waals surface area contributed by atoms with E-state index in [0.29, 0.717) is 12.1 Å². The van der Waals surface area contributed by atoms with Gasteiger partial charge in [-0.15, -0.1) is 0 Å². The molecule has 5 nitrogen and oxygen atoms in total. The van der Waals surface area contributed by atoms with E-state index >= 15 is 0 Å². The van der Waals surface area contributed by atoms with E-state index in [0.717, 1.165) is 30.8 Å². The zero-order valence-corrected chi connectivity index (χ0v) is 13.5. The highest BCUT2D eigenvalue weighted by Gasteiger charge is 2.21. The van der Waals surface area contributed by atoms with Crippen LogP contribution in [-0.4, -0.2) is 55.3 Å². The number of aliphatic hydroxyl groups excluding tert-OH is 1. The van der Waals surface area contributed by atoms with E-state index < -0.39 is 0 Å². The fourth-order valence-electron chi connectivity index (χ4n) is 3.05. The van der Waals surface area contributed by atoms with Crippen molar-refractivity contribution in [3.8, 4) is 5.75 Å². The number of rotatable bonds is 6. The van der Waals surface area contributed by atoms with E-state index in [2.05, 4.69) is 10.2 Å². The van der Waals surface area contributed by atoms with E-state index in [1.54, 1.807) is 7.11 Å². The standard InChI is InChI=1S/C17H26N2O3/c1-13-15(7-5-8-16(13)22-2)17(21)18-9-11-19-10-4-3-6-14(19)12-20/h5,7-8,14,20H,3-4,6,9-12H2,1-2H3,(H,18,21)/t14-/m1/s1. The first-order chi connectivity index (χ1) is 10.7. The molecule has 22 heavy (non-hydrogen) atoms. The van der Waals surface area contributed by atoms with Gasteiger partial charge in [-0.25, -0.2) is 0 Å². The minimum Gasteiger partial charge on any atom is -0.496 e. The van der Waals surface area contributed by atoms with Gasteiger partial charge in [0, 0.05) is 30.3 Å². The number of aliphatic hydroxyl groups is 1. The van der Waals surface area contributed by atoms with Crippen molar-refractivity contribution in [3.63, 3.8) is 0 Å². The van der Waals surface area contributed by atoms with Crippen LogP contribution in [-0.2, 0) is 0 Å². The van der Waals surface area contributed by atoms with Crippen molar-refractivity contribution in [2.75, 3.05) is 33.4 Å². The second kappa shape index (κ2) is 8.15. The van der Waals surface area contributed by atoms with Gasteiger partial charge in [-0.1, -0.05) is 12.5 Å². The van der Waals surface area contributed by atoms with E-state index in [1.165, 1.54) is 12.8 Å². The van der Waals surface area contributed by atoms with Gasteiger partial charge in [0.15, 0.2) is 0 Å². The normalized spacial score (nSPS) is 19.0. The summed E-state index contributed by atoms with van der Waals surface area (Å²) < 4.78 is 5.25. The van der Waals surface area contributed by atoms with E-state index in [9.17, 15) is 9.90 Å². The lowest BCUT2D eigenvalue weighted by molar-refractivity contribution is 0.0848. The SMILES string of the molecule is COc1cccc(C(=O)NCCN2CCCC[C@@H]2CO)c1C. The molecule has 1 aromatic rings. The van der Waals surface area contributed by atoms with Crippen molar-refractivity contribution < 1.29 is 14.6 Å². The zero-order chi connectivity index (χ0) is 15.9. The number of benzene rings is 1.